The summed E-state index contributed by atoms with van der Waals surface area (Å²) in [4.78, 5) is 0. The Morgan fingerprint density at radius 2 is 2.14 bits per heavy atom. The summed E-state index contributed by atoms with van der Waals surface area (Å²) in [6, 6.07) is 0. The van der Waals surface area contributed by atoms with Crippen LogP contribution in [0.2, 0.25) is 0 Å². The van der Waals surface area contributed by atoms with Crippen LogP contribution in [0.1, 0.15) is 41.4 Å². The van der Waals surface area contributed by atoms with E-state index in [1.54, 1.807) is 0 Å². The van der Waals surface area contributed by atoms with Gasteiger partial charge in [-0.05, 0) is 5.92 Å². The van der Waals surface area contributed by atoms with E-state index in [-0.39, 0.29) is 6.40 Å². The second kappa shape index (κ2) is 4.17. The maximum absolute atomic E-state index is 7.43. The van der Waals surface area contributed by atoms with E-state index < -0.39 is 0 Å². The Balaban J connectivity index is 3.29. The first-order chi connectivity index (χ1) is 3.72. The molecule has 7 heavy (non-hydrogen) atoms. The largest absolute Gasteiger partial charge is 0.0654 e. The molecular weight excluding hydrogens is 84.1 g/mol. The summed E-state index contributed by atoms with van der Waals surface area (Å²) in [5, 5.41) is 0. The summed E-state index contributed by atoms with van der Waals surface area (Å²) in [6.45, 7) is 6.35. The van der Waals surface area contributed by atoms with Gasteiger partial charge in [0.05, 0.1) is 0 Å². The molecule has 0 heterocycles. The Labute approximate surface area is 48.3 Å². The average Bonchev–Trinajstić information content (AvgIpc) is 1.84. The Hall–Kier alpha value is 0. The van der Waals surface area contributed by atoms with Gasteiger partial charge in [-0.1, -0.05) is 40.0 Å². The highest BCUT2D eigenvalue weighted by molar-refractivity contribution is 4.45. The van der Waals surface area contributed by atoms with Gasteiger partial charge in [0.25, 0.3) is 0 Å². The molecule has 0 aliphatic rings. The first-order valence-corrected chi connectivity index (χ1v) is 3.14. The molecule has 0 saturated heterocycles. The molecule has 0 saturated carbocycles. The highest BCUT2D eigenvalue weighted by atomic mass is 14.0. The van der Waals surface area contributed by atoms with Crippen molar-refractivity contribution in [3.63, 3.8) is 0 Å². The predicted octanol–water partition coefficient (Wildman–Crippen LogP) is 2.83. The van der Waals surface area contributed by atoms with Crippen LogP contribution in [0.4, 0.5) is 0 Å². The molecule has 0 aromatic heterocycles. The van der Waals surface area contributed by atoms with Gasteiger partial charge in [0.1, 0.15) is 0 Å². The first kappa shape index (κ1) is 5.14. The molecule has 0 radical (unpaired) electrons. The lowest BCUT2D eigenvalue weighted by Crippen LogP contribution is -1.88. The van der Waals surface area contributed by atoms with E-state index in [0.29, 0.717) is 5.92 Å². The molecule has 0 fully saturated rings. The van der Waals surface area contributed by atoms with E-state index in [1.807, 2.05) is 0 Å². The lowest BCUT2D eigenvalue weighted by Gasteiger charge is -2.02. The van der Waals surface area contributed by atoms with Gasteiger partial charge in [0.15, 0.2) is 0 Å². The smallest absolute Gasteiger partial charge is 0.0269 e. The minimum absolute atomic E-state index is 0.167. The lowest BCUT2D eigenvalue weighted by molar-refractivity contribution is 0.509. The molecular formula is C7H16. The Kier molecular flexibility index (Phi) is 3.06. The van der Waals surface area contributed by atoms with Crippen molar-refractivity contribution in [1.29, 1.82) is 0 Å². The van der Waals surface area contributed by atoms with Crippen LogP contribution >= 0.6 is 0 Å². The van der Waals surface area contributed by atoms with Gasteiger partial charge >= 0.3 is 0 Å². The number of hydrogen-bond acceptors (Lipinski definition) is 0. The maximum Gasteiger partial charge on any atom is 0.0269 e. The van der Waals surface area contributed by atoms with Crippen molar-refractivity contribution in [2.24, 2.45) is 5.92 Å². The summed E-state index contributed by atoms with van der Waals surface area (Å²) in [5.74, 6) is 0.583. The molecule has 0 nitrogen and oxygen atoms in total. The molecule has 0 aromatic rings. The molecule has 0 aromatic carbocycles. The second-order valence-corrected chi connectivity index (χ2v) is 2.03. The Morgan fingerprint density at radius 1 is 1.57 bits per heavy atom. The highest BCUT2D eigenvalue weighted by Crippen LogP contribution is 2.07. The van der Waals surface area contributed by atoms with Crippen molar-refractivity contribution in [2.75, 3.05) is 0 Å². The Morgan fingerprint density at radius 3 is 2.29 bits per heavy atom. The van der Waals surface area contributed by atoms with Crippen LogP contribution in [0.3, 0.4) is 0 Å². The van der Waals surface area contributed by atoms with Crippen molar-refractivity contribution < 1.29 is 1.37 Å². The van der Waals surface area contributed by atoms with Crippen molar-refractivity contribution >= 4 is 0 Å². The molecule has 0 bridgehead atoms. The van der Waals surface area contributed by atoms with Crippen molar-refractivity contribution in [3.05, 3.63) is 0 Å². The van der Waals surface area contributed by atoms with Crippen molar-refractivity contribution in [2.45, 2.75) is 40.0 Å². The van der Waals surface area contributed by atoms with Crippen LogP contribution < -0.4 is 0 Å². The van der Waals surface area contributed by atoms with Crippen LogP contribution in [-0.4, -0.2) is 0 Å². The SMILES string of the molecule is [2H]C(CC)C(C)CC. The minimum Gasteiger partial charge on any atom is -0.0654 e. The third kappa shape index (κ3) is 3.84. The molecule has 0 spiro atoms. The fraction of sp³-hybridized carbons (Fsp3) is 1.00. The summed E-state index contributed by atoms with van der Waals surface area (Å²) in [7, 11) is 0. The zero-order valence-electron chi connectivity index (χ0n) is 6.57. The first-order valence-electron chi connectivity index (χ1n) is 3.72. The fourth-order valence-corrected chi connectivity index (χ4v) is 0.569. The molecule has 0 aliphatic heterocycles. The second-order valence-electron chi connectivity index (χ2n) is 2.03. The third-order valence-corrected chi connectivity index (χ3v) is 1.28. The molecule has 0 amide bonds. The molecule has 0 heteroatoms. The molecule has 0 rings (SSSR count). The van der Waals surface area contributed by atoms with Crippen LogP contribution in [0, 0.1) is 5.92 Å². The summed E-state index contributed by atoms with van der Waals surface area (Å²) in [5.41, 5.74) is 0. The number of hydrogen-bond donors (Lipinski definition) is 0. The quantitative estimate of drug-likeness (QED) is 0.512. The van der Waals surface area contributed by atoms with Crippen LogP contribution in [-0.2, 0) is 0 Å². The van der Waals surface area contributed by atoms with Gasteiger partial charge in [0.2, 0.25) is 0 Å². The molecule has 0 N–H and O–H groups in total. The van der Waals surface area contributed by atoms with Gasteiger partial charge < -0.3 is 0 Å². The van der Waals surface area contributed by atoms with E-state index in [0.717, 1.165) is 12.8 Å². The van der Waals surface area contributed by atoms with Crippen LogP contribution in [0.15, 0.2) is 0 Å². The minimum atomic E-state index is 0.167. The van der Waals surface area contributed by atoms with E-state index in [1.165, 1.54) is 0 Å². The highest BCUT2D eigenvalue weighted by Gasteiger charge is 1.92. The van der Waals surface area contributed by atoms with Gasteiger partial charge in [-0.25, -0.2) is 0 Å². The van der Waals surface area contributed by atoms with Gasteiger partial charge in [0, 0.05) is 1.37 Å². The lowest BCUT2D eigenvalue weighted by atomic mass is 10.0. The van der Waals surface area contributed by atoms with E-state index in [4.69, 9.17) is 1.37 Å². The molecule has 2 atom stereocenters. The van der Waals surface area contributed by atoms with Gasteiger partial charge in [-0.3, -0.25) is 0 Å². The van der Waals surface area contributed by atoms with Crippen molar-refractivity contribution in [3.8, 4) is 0 Å². The predicted molar refractivity (Wildman–Crippen MR) is 34.4 cm³/mol. The van der Waals surface area contributed by atoms with Gasteiger partial charge in [-0.15, -0.1) is 0 Å². The summed E-state index contributed by atoms with van der Waals surface area (Å²) < 4.78 is 7.43. The molecule has 2 unspecified atom stereocenters. The topological polar surface area (TPSA) is 0 Å². The zero-order chi connectivity index (χ0) is 6.57. The Bertz CT molecular complexity index is 44.3. The fourth-order valence-electron chi connectivity index (χ4n) is 0.569. The third-order valence-electron chi connectivity index (χ3n) is 1.28. The zero-order valence-corrected chi connectivity index (χ0v) is 5.57. The van der Waals surface area contributed by atoms with E-state index in [9.17, 15) is 0 Å². The standard InChI is InChI=1S/C7H16/c1-4-6-7(3)5-2/h7H,4-6H2,1-3H3/i6D. The van der Waals surface area contributed by atoms with Crippen LogP contribution in [0.5, 0.6) is 0 Å². The van der Waals surface area contributed by atoms with Crippen LogP contribution in [0.25, 0.3) is 0 Å². The molecule has 0 aliphatic carbocycles. The van der Waals surface area contributed by atoms with Gasteiger partial charge in [-0.2, -0.15) is 0 Å². The monoisotopic (exact) mass is 101 g/mol. The van der Waals surface area contributed by atoms with E-state index in [2.05, 4.69) is 20.8 Å². The maximum atomic E-state index is 7.43. The normalized spacial score (nSPS) is 20.7. The molecule has 44 valence electrons. The summed E-state index contributed by atoms with van der Waals surface area (Å²) in [6.07, 6.45) is 2.30. The number of rotatable bonds is 3. The average molecular weight is 101 g/mol. The van der Waals surface area contributed by atoms with E-state index >= 15 is 0 Å². The summed E-state index contributed by atoms with van der Waals surface area (Å²) >= 11 is 0. The van der Waals surface area contributed by atoms with Crippen molar-refractivity contribution in [1.82, 2.24) is 0 Å².